The molecule has 2 aliphatic rings. The highest BCUT2D eigenvalue weighted by molar-refractivity contribution is 7.98. The van der Waals surface area contributed by atoms with Crippen molar-refractivity contribution in [1.82, 2.24) is 4.90 Å². The Labute approximate surface area is 151 Å². The van der Waals surface area contributed by atoms with Crippen molar-refractivity contribution in [2.75, 3.05) is 18.8 Å². The molecule has 0 aliphatic carbocycles. The molecule has 1 fully saturated rings. The van der Waals surface area contributed by atoms with Crippen molar-refractivity contribution in [3.63, 3.8) is 0 Å². The molecule has 0 spiro atoms. The first kappa shape index (κ1) is 15.9. The molecule has 0 saturated carbocycles. The fourth-order valence-corrected chi connectivity index (χ4v) is 4.26. The third-order valence-corrected chi connectivity index (χ3v) is 5.40. The summed E-state index contributed by atoms with van der Waals surface area (Å²) < 4.78 is 10.6. The average molecular weight is 359 g/mol. The van der Waals surface area contributed by atoms with Gasteiger partial charge in [0.1, 0.15) is 17.3 Å². The molecule has 4 rings (SSSR count). The van der Waals surface area contributed by atoms with Crippen LogP contribution in [0.1, 0.15) is 24.3 Å². The van der Waals surface area contributed by atoms with Crippen LogP contribution in [-0.2, 0) is 0 Å². The Morgan fingerprint density at radius 1 is 1.08 bits per heavy atom. The van der Waals surface area contributed by atoms with Crippen molar-refractivity contribution < 1.29 is 4.74 Å². The van der Waals surface area contributed by atoms with Crippen LogP contribution in [0.25, 0.3) is 0 Å². The van der Waals surface area contributed by atoms with Crippen molar-refractivity contribution in [3.05, 3.63) is 59.1 Å². The highest BCUT2D eigenvalue weighted by atomic mass is 35.5. The number of piperidine rings is 1. The first-order valence-corrected chi connectivity index (χ1v) is 9.60. The van der Waals surface area contributed by atoms with E-state index in [1.165, 1.54) is 24.2 Å². The van der Waals surface area contributed by atoms with Gasteiger partial charge in [-0.3, -0.25) is 0 Å². The number of rotatable bonds is 3. The van der Waals surface area contributed by atoms with Gasteiger partial charge >= 0.3 is 0 Å². The highest BCUT2D eigenvalue weighted by Gasteiger charge is 2.29. The normalized spacial score (nSPS) is 20.3. The molecule has 24 heavy (non-hydrogen) atoms. The maximum atomic E-state index is 6.00. The van der Waals surface area contributed by atoms with E-state index in [2.05, 4.69) is 17.0 Å². The number of benzene rings is 2. The monoisotopic (exact) mass is 358 g/mol. The predicted molar refractivity (Wildman–Crippen MR) is 101 cm³/mol. The molecule has 2 aliphatic heterocycles. The molecule has 0 N–H and O–H groups in total. The van der Waals surface area contributed by atoms with E-state index in [0.29, 0.717) is 10.9 Å². The van der Waals surface area contributed by atoms with Gasteiger partial charge in [0.25, 0.3) is 0 Å². The minimum Gasteiger partial charge on any atom is -0.457 e. The average Bonchev–Trinajstić information content (AvgIpc) is 2.62. The first-order chi connectivity index (χ1) is 11.8. The Hall–Kier alpha value is -1.65. The summed E-state index contributed by atoms with van der Waals surface area (Å²) in [7, 11) is 0. The molecule has 3 nitrogen and oxygen atoms in total. The molecule has 2 aromatic carbocycles. The quantitative estimate of drug-likeness (QED) is 0.689. The second-order valence-corrected chi connectivity index (χ2v) is 7.38. The van der Waals surface area contributed by atoms with E-state index >= 15 is 0 Å². The van der Waals surface area contributed by atoms with Crippen LogP contribution < -0.4 is 4.74 Å². The molecule has 0 amide bonds. The van der Waals surface area contributed by atoms with E-state index in [-0.39, 0.29) is 0 Å². The second kappa shape index (κ2) is 7.08. The summed E-state index contributed by atoms with van der Waals surface area (Å²) in [4.78, 5) is 2.45. The molecule has 0 bridgehead atoms. The van der Waals surface area contributed by atoms with Gasteiger partial charge in [0, 0.05) is 29.8 Å². The Bertz CT molecular complexity index is 747. The Morgan fingerprint density at radius 2 is 1.96 bits per heavy atom. The summed E-state index contributed by atoms with van der Waals surface area (Å²) in [6.45, 7) is 2.27. The lowest BCUT2D eigenvalue weighted by Crippen LogP contribution is -2.42. The van der Waals surface area contributed by atoms with Crippen LogP contribution in [0.3, 0.4) is 0 Å². The van der Waals surface area contributed by atoms with Gasteiger partial charge in [-0.1, -0.05) is 29.8 Å². The van der Waals surface area contributed by atoms with Crippen molar-refractivity contribution in [2.24, 2.45) is 4.40 Å². The molecule has 124 valence electrons. The van der Waals surface area contributed by atoms with E-state index in [4.69, 9.17) is 20.7 Å². The number of amidine groups is 1. The SMILES string of the molecule is Clc1cccc(Oc2ccc([C@@H]3CCCN4CCSN=C34)cc2)c1. The van der Waals surface area contributed by atoms with E-state index in [9.17, 15) is 0 Å². The number of fused-ring (bicyclic) bond motifs is 1. The van der Waals surface area contributed by atoms with Crippen LogP contribution in [0.4, 0.5) is 0 Å². The molecule has 0 radical (unpaired) electrons. The zero-order chi connectivity index (χ0) is 16.4. The Kier molecular flexibility index (Phi) is 4.67. The minimum atomic E-state index is 0.409. The molecular weight excluding hydrogens is 340 g/mol. The molecule has 1 saturated heterocycles. The summed E-state index contributed by atoms with van der Waals surface area (Å²) in [6, 6.07) is 15.9. The number of nitrogens with zero attached hydrogens (tertiary/aromatic N) is 2. The molecule has 5 heteroatoms. The van der Waals surface area contributed by atoms with Crippen molar-refractivity contribution >= 4 is 29.4 Å². The Balaban J connectivity index is 1.52. The number of hydrogen-bond acceptors (Lipinski definition) is 4. The Morgan fingerprint density at radius 3 is 2.79 bits per heavy atom. The smallest absolute Gasteiger partial charge is 0.128 e. The van der Waals surface area contributed by atoms with Crippen LogP contribution in [0.2, 0.25) is 5.02 Å². The molecule has 2 aromatic rings. The van der Waals surface area contributed by atoms with Crippen LogP contribution in [0.5, 0.6) is 11.5 Å². The van der Waals surface area contributed by atoms with Gasteiger partial charge in [-0.05, 0) is 60.7 Å². The van der Waals surface area contributed by atoms with E-state index in [1.807, 2.05) is 36.4 Å². The van der Waals surface area contributed by atoms with Crippen LogP contribution in [0, 0.1) is 0 Å². The van der Waals surface area contributed by atoms with Gasteiger partial charge in [0.2, 0.25) is 0 Å². The lowest BCUT2D eigenvalue weighted by Gasteiger charge is -2.37. The summed E-state index contributed by atoms with van der Waals surface area (Å²) in [5.74, 6) is 4.34. The fourth-order valence-electron chi connectivity index (χ4n) is 3.31. The van der Waals surface area contributed by atoms with Crippen LogP contribution >= 0.6 is 23.5 Å². The fraction of sp³-hybridized carbons (Fsp3) is 0.316. The van der Waals surface area contributed by atoms with Crippen LogP contribution in [0.15, 0.2) is 52.9 Å². The number of halogens is 1. The minimum absolute atomic E-state index is 0.409. The maximum absolute atomic E-state index is 6.00. The zero-order valence-electron chi connectivity index (χ0n) is 13.3. The summed E-state index contributed by atoms with van der Waals surface area (Å²) in [5, 5.41) is 0.680. The third kappa shape index (κ3) is 3.40. The van der Waals surface area contributed by atoms with Gasteiger partial charge in [0.15, 0.2) is 0 Å². The summed E-state index contributed by atoms with van der Waals surface area (Å²) >= 11 is 7.70. The zero-order valence-corrected chi connectivity index (χ0v) is 14.9. The summed E-state index contributed by atoms with van der Waals surface area (Å²) in [5.41, 5.74) is 1.32. The second-order valence-electron chi connectivity index (χ2n) is 6.09. The summed E-state index contributed by atoms with van der Waals surface area (Å²) in [6.07, 6.45) is 2.40. The standard InChI is InChI=1S/C19H19ClN2OS/c20-15-3-1-4-17(13-15)23-16-8-6-14(7-9-16)18-5-2-10-22-11-12-24-21-19(18)22/h1,3-4,6-9,13,18H,2,5,10-12H2/t18-/m0/s1. The number of ether oxygens (including phenoxy) is 1. The van der Waals surface area contributed by atoms with Gasteiger partial charge in [0.05, 0.1) is 0 Å². The maximum Gasteiger partial charge on any atom is 0.128 e. The third-order valence-electron chi connectivity index (χ3n) is 4.48. The van der Waals surface area contributed by atoms with Crippen molar-refractivity contribution in [1.29, 1.82) is 0 Å². The van der Waals surface area contributed by atoms with Gasteiger partial charge < -0.3 is 9.64 Å². The van der Waals surface area contributed by atoms with E-state index in [0.717, 1.165) is 30.3 Å². The van der Waals surface area contributed by atoms with Gasteiger partial charge in [-0.2, -0.15) is 0 Å². The lowest BCUT2D eigenvalue weighted by atomic mass is 9.89. The van der Waals surface area contributed by atoms with Gasteiger partial charge in [-0.15, -0.1) is 0 Å². The predicted octanol–water partition coefficient (Wildman–Crippen LogP) is 5.37. The number of hydrogen-bond donors (Lipinski definition) is 0. The molecule has 2 heterocycles. The van der Waals surface area contributed by atoms with E-state index < -0.39 is 0 Å². The lowest BCUT2D eigenvalue weighted by molar-refractivity contribution is 0.371. The van der Waals surface area contributed by atoms with Gasteiger partial charge in [-0.25, -0.2) is 4.40 Å². The topological polar surface area (TPSA) is 24.8 Å². The first-order valence-electron chi connectivity index (χ1n) is 8.28. The molecule has 0 aromatic heterocycles. The van der Waals surface area contributed by atoms with Crippen molar-refractivity contribution in [3.8, 4) is 11.5 Å². The molecular formula is C19H19ClN2OS. The molecule has 1 atom stereocenters. The molecule has 0 unspecified atom stereocenters. The largest absolute Gasteiger partial charge is 0.457 e. The van der Waals surface area contributed by atoms with E-state index in [1.54, 1.807) is 11.9 Å². The van der Waals surface area contributed by atoms with Crippen molar-refractivity contribution in [2.45, 2.75) is 18.8 Å². The van der Waals surface area contributed by atoms with Crippen LogP contribution in [-0.4, -0.2) is 29.6 Å². The highest BCUT2D eigenvalue weighted by Crippen LogP contribution is 2.34.